The number of anilines is 1. The number of rotatable bonds is 3. The lowest BCUT2D eigenvalue weighted by molar-refractivity contribution is 0.522. The lowest BCUT2D eigenvalue weighted by atomic mass is 10.0. The SMILES string of the molecule is CC1(C)CC1NCC1CNc2ccccc21. The van der Waals surface area contributed by atoms with Gasteiger partial charge in [-0.25, -0.2) is 0 Å². The Bertz CT molecular complexity index is 397. The van der Waals surface area contributed by atoms with E-state index in [9.17, 15) is 0 Å². The first-order valence-electron chi connectivity index (χ1n) is 6.23. The first-order valence-corrected chi connectivity index (χ1v) is 6.23. The van der Waals surface area contributed by atoms with E-state index in [1.807, 2.05) is 0 Å². The smallest absolute Gasteiger partial charge is 0.0376 e. The topological polar surface area (TPSA) is 24.1 Å². The first kappa shape index (κ1) is 10.2. The lowest BCUT2D eigenvalue weighted by Gasteiger charge is -2.12. The molecule has 1 saturated carbocycles. The van der Waals surface area contributed by atoms with Crippen LogP contribution in [-0.2, 0) is 0 Å². The summed E-state index contributed by atoms with van der Waals surface area (Å²) in [4.78, 5) is 0. The Balaban J connectivity index is 1.61. The van der Waals surface area contributed by atoms with Crippen LogP contribution in [0.15, 0.2) is 24.3 Å². The van der Waals surface area contributed by atoms with Crippen LogP contribution in [0.25, 0.3) is 0 Å². The van der Waals surface area contributed by atoms with Gasteiger partial charge < -0.3 is 10.6 Å². The molecule has 0 bridgehead atoms. The van der Waals surface area contributed by atoms with Crippen molar-refractivity contribution in [3.8, 4) is 0 Å². The molecular formula is C14H20N2. The van der Waals surface area contributed by atoms with Gasteiger partial charge in [-0.2, -0.15) is 0 Å². The van der Waals surface area contributed by atoms with Crippen LogP contribution in [-0.4, -0.2) is 19.1 Å². The molecule has 0 spiro atoms. The Labute approximate surface area is 97.4 Å². The minimum absolute atomic E-state index is 0.533. The second kappa shape index (κ2) is 3.49. The van der Waals surface area contributed by atoms with Crippen molar-refractivity contribution in [1.29, 1.82) is 0 Å². The summed E-state index contributed by atoms with van der Waals surface area (Å²) in [5.41, 5.74) is 3.34. The number of hydrogen-bond acceptors (Lipinski definition) is 2. The molecule has 1 aliphatic heterocycles. The normalized spacial score (nSPS) is 29.6. The quantitative estimate of drug-likeness (QED) is 0.811. The Morgan fingerprint density at radius 1 is 1.38 bits per heavy atom. The van der Waals surface area contributed by atoms with Crippen molar-refractivity contribution in [3.05, 3.63) is 29.8 Å². The van der Waals surface area contributed by atoms with Crippen molar-refractivity contribution in [3.63, 3.8) is 0 Å². The monoisotopic (exact) mass is 216 g/mol. The number of nitrogens with one attached hydrogen (secondary N) is 2. The molecule has 2 unspecified atom stereocenters. The fourth-order valence-corrected chi connectivity index (χ4v) is 2.64. The Hall–Kier alpha value is -1.02. The molecule has 3 rings (SSSR count). The van der Waals surface area contributed by atoms with Crippen molar-refractivity contribution in [2.75, 3.05) is 18.4 Å². The fraction of sp³-hybridized carbons (Fsp3) is 0.571. The van der Waals surface area contributed by atoms with Crippen molar-refractivity contribution < 1.29 is 0 Å². The van der Waals surface area contributed by atoms with Crippen LogP contribution in [0.5, 0.6) is 0 Å². The molecule has 1 fully saturated rings. The molecule has 2 N–H and O–H groups in total. The predicted octanol–water partition coefficient (Wildman–Crippen LogP) is 2.58. The summed E-state index contributed by atoms with van der Waals surface area (Å²) in [6.07, 6.45) is 1.33. The number of hydrogen-bond donors (Lipinski definition) is 2. The van der Waals surface area contributed by atoms with Gasteiger partial charge in [-0.05, 0) is 23.5 Å². The van der Waals surface area contributed by atoms with E-state index >= 15 is 0 Å². The third kappa shape index (κ3) is 1.71. The molecule has 0 amide bonds. The molecule has 0 aromatic heterocycles. The maximum atomic E-state index is 3.69. The van der Waals surface area contributed by atoms with E-state index in [4.69, 9.17) is 0 Å². The average Bonchev–Trinajstić information content (AvgIpc) is 2.73. The molecule has 0 saturated heterocycles. The minimum Gasteiger partial charge on any atom is -0.384 e. The van der Waals surface area contributed by atoms with Crippen LogP contribution in [0.1, 0.15) is 31.7 Å². The zero-order valence-electron chi connectivity index (χ0n) is 10.1. The Morgan fingerprint density at radius 3 is 2.88 bits per heavy atom. The maximum absolute atomic E-state index is 3.69. The summed E-state index contributed by atoms with van der Waals surface area (Å²) < 4.78 is 0. The second-order valence-corrected chi connectivity index (χ2v) is 5.82. The van der Waals surface area contributed by atoms with E-state index < -0.39 is 0 Å². The van der Waals surface area contributed by atoms with Gasteiger partial charge >= 0.3 is 0 Å². The van der Waals surface area contributed by atoms with Gasteiger partial charge in [0.2, 0.25) is 0 Å². The molecule has 2 atom stereocenters. The van der Waals surface area contributed by atoms with Crippen molar-refractivity contribution in [2.45, 2.75) is 32.2 Å². The molecule has 1 heterocycles. The summed E-state index contributed by atoms with van der Waals surface area (Å²) in [7, 11) is 0. The average molecular weight is 216 g/mol. The second-order valence-electron chi connectivity index (χ2n) is 5.82. The third-order valence-electron chi connectivity index (χ3n) is 4.06. The van der Waals surface area contributed by atoms with E-state index in [1.54, 1.807) is 0 Å². The molecule has 2 nitrogen and oxygen atoms in total. The van der Waals surface area contributed by atoms with Crippen LogP contribution >= 0.6 is 0 Å². The van der Waals surface area contributed by atoms with Crippen molar-refractivity contribution >= 4 is 5.69 Å². The van der Waals surface area contributed by atoms with Crippen LogP contribution in [0, 0.1) is 5.41 Å². The van der Waals surface area contributed by atoms with Crippen molar-refractivity contribution in [2.24, 2.45) is 5.41 Å². The van der Waals surface area contributed by atoms with Gasteiger partial charge in [-0.15, -0.1) is 0 Å². The summed E-state index contributed by atoms with van der Waals surface area (Å²) in [6.45, 7) is 6.87. The van der Waals surface area contributed by atoms with E-state index in [0.29, 0.717) is 11.3 Å². The van der Waals surface area contributed by atoms with Gasteiger partial charge in [-0.1, -0.05) is 32.0 Å². The maximum Gasteiger partial charge on any atom is 0.0376 e. The van der Waals surface area contributed by atoms with Crippen molar-refractivity contribution in [1.82, 2.24) is 5.32 Å². The predicted molar refractivity (Wildman–Crippen MR) is 67.9 cm³/mol. The lowest BCUT2D eigenvalue weighted by Crippen LogP contribution is -2.27. The highest BCUT2D eigenvalue weighted by Gasteiger charge is 2.45. The van der Waals surface area contributed by atoms with Crippen LogP contribution in [0.3, 0.4) is 0 Å². The molecule has 1 aliphatic carbocycles. The van der Waals surface area contributed by atoms with Gasteiger partial charge in [0, 0.05) is 30.7 Å². The fourth-order valence-electron chi connectivity index (χ4n) is 2.64. The third-order valence-corrected chi connectivity index (χ3v) is 4.06. The number of fused-ring (bicyclic) bond motifs is 1. The highest BCUT2D eigenvalue weighted by Crippen LogP contribution is 2.45. The van der Waals surface area contributed by atoms with E-state index in [0.717, 1.165) is 19.1 Å². The summed E-state index contributed by atoms with van der Waals surface area (Å²) in [6, 6.07) is 9.40. The molecule has 1 aromatic rings. The zero-order chi connectivity index (χ0) is 11.2. The van der Waals surface area contributed by atoms with Crippen LogP contribution < -0.4 is 10.6 Å². The highest BCUT2D eigenvalue weighted by molar-refractivity contribution is 5.57. The molecule has 0 radical (unpaired) electrons. The van der Waals surface area contributed by atoms with E-state index in [-0.39, 0.29) is 0 Å². The van der Waals surface area contributed by atoms with Gasteiger partial charge in [0.15, 0.2) is 0 Å². The zero-order valence-corrected chi connectivity index (χ0v) is 10.1. The molecule has 16 heavy (non-hydrogen) atoms. The minimum atomic E-state index is 0.533. The van der Waals surface area contributed by atoms with E-state index in [1.165, 1.54) is 17.7 Å². The highest BCUT2D eigenvalue weighted by atomic mass is 15.0. The summed E-state index contributed by atoms with van der Waals surface area (Å²) in [5, 5.41) is 7.16. The summed E-state index contributed by atoms with van der Waals surface area (Å²) in [5.74, 6) is 0.646. The molecule has 2 aliphatic rings. The standard InChI is InChI=1S/C14H20N2/c1-14(2)7-13(14)16-9-10-8-15-12-6-4-3-5-11(10)12/h3-6,10,13,15-16H,7-9H2,1-2H3. The van der Waals surface area contributed by atoms with Crippen LogP contribution in [0.2, 0.25) is 0 Å². The Kier molecular flexibility index (Phi) is 2.21. The first-order chi connectivity index (χ1) is 7.67. The number of para-hydroxylation sites is 1. The molecule has 2 heteroatoms. The van der Waals surface area contributed by atoms with Gasteiger partial charge in [-0.3, -0.25) is 0 Å². The largest absolute Gasteiger partial charge is 0.384 e. The summed E-state index contributed by atoms with van der Waals surface area (Å²) >= 11 is 0. The van der Waals surface area contributed by atoms with Crippen LogP contribution in [0.4, 0.5) is 5.69 Å². The van der Waals surface area contributed by atoms with Gasteiger partial charge in [0.1, 0.15) is 0 Å². The molecule has 86 valence electrons. The van der Waals surface area contributed by atoms with Gasteiger partial charge in [0.25, 0.3) is 0 Å². The van der Waals surface area contributed by atoms with E-state index in [2.05, 4.69) is 48.7 Å². The Morgan fingerprint density at radius 2 is 2.12 bits per heavy atom. The molecular weight excluding hydrogens is 196 g/mol. The molecule has 1 aromatic carbocycles. The number of benzene rings is 1. The van der Waals surface area contributed by atoms with Gasteiger partial charge in [0.05, 0.1) is 0 Å².